The molecular formula is C15H19ClN4O2. The molecule has 0 fully saturated rings. The molecule has 0 bridgehead atoms. The van der Waals surface area contributed by atoms with Gasteiger partial charge in [0.2, 0.25) is 5.91 Å². The van der Waals surface area contributed by atoms with Crippen molar-refractivity contribution < 1.29 is 9.53 Å². The van der Waals surface area contributed by atoms with E-state index in [9.17, 15) is 4.79 Å². The predicted octanol–water partition coefficient (Wildman–Crippen LogP) is 1.87. The largest absolute Gasteiger partial charge is 0.380 e. The highest BCUT2D eigenvalue weighted by Crippen LogP contribution is 2.14. The van der Waals surface area contributed by atoms with E-state index >= 15 is 0 Å². The molecule has 2 rings (SSSR count). The molecule has 1 amide bonds. The molecule has 0 saturated carbocycles. The van der Waals surface area contributed by atoms with Crippen molar-refractivity contribution in [2.24, 2.45) is 5.73 Å². The predicted molar refractivity (Wildman–Crippen MR) is 87.8 cm³/mol. The van der Waals surface area contributed by atoms with Gasteiger partial charge < -0.3 is 15.8 Å². The number of rotatable bonds is 6. The standard InChI is InChI=1S/C15H18N4O2.ClH/c1-21-13(8-16)7-14(20)19-12-9-17-15(18-10-12)11-5-3-2-4-6-11;/h2-6,9-10,13H,7-8,16H2,1H3,(H,19,20);1H. The fourth-order valence-corrected chi connectivity index (χ4v) is 1.81. The van der Waals surface area contributed by atoms with Crippen LogP contribution in [0.3, 0.4) is 0 Å². The lowest BCUT2D eigenvalue weighted by Gasteiger charge is -2.12. The van der Waals surface area contributed by atoms with Crippen molar-refractivity contribution in [1.29, 1.82) is 0 Å². The first kappa shape index (κ1) is 18.0. The van der Waals surface area contributed by atoms with Crippen LogP contribution in [0.1, 0.15) is 6.42 Å². The molecule has 1 aromatic carbocycles. The van der Waals surface area contributed by atoms with Crippen molar-refractivity contribution in [3.05, 3.63) is 42.7 Å². The zero-order chi connectivity index (χ0) is 15.1. The van der Waals surface area contributed by atoms with E-state index in [0.717, 1.165) is 5.56 Å². The summed E-state index contributed by atoms with van der Waals surface area (Å²) >= 11 is 0. The molecule has 7 heteroatoms. The Labute approximate surface area is 135 Å². The Morgan fingerprint density at radius 3 is 2.45 bits per heavy atom. The van der Waals surface area contributed by atoms with Crippen LogP contribution in [0.4, 0.5) is 5.69 Å². The molecule has 0 aliphatic rings. The number of halogens is 1. The second-order valence-electron chi connectivity index (χ2n) is 4.51. The molecule has 1 atom stereocenters. The second kappa shape index (κ2) is 9.09. The third kappa shape index (κ3) is 5.07. The third-order valence-electron chi connectivity index (χ3n) is 2.98. The monoisotopic (exact) mass is 322 g/mol. The average molecular weight is 323 g/mol. The average Bonchev–Trinajstić information content (AvgIpc) is 2.54. The zero-order valence-corrected chi connectivity index (χ0v) is 13.0. The van der Waals surface area contributed by atoms with Crippen LogP contribution in [0, 0.1) is 0 Å². The number of amides is 1. The number of anilines is 1. The molecule has 2 aromatic rings. The molecule has 0 saturated heterocycles. The van der Waals surface area contributed by atoms with Crippen molar-refractivity contribution in [3.63, 3.8) is 0 Å². The summed E-state index contributed by atoms with van der Waals surface area (Å²) in [5.74, 6) is 0.439. The summed E-state index contributed by atoms with van der Waals surface area (Å²) in [6.07, 6.45) is 3.08. The van der Waals surface area contributed by atoms with E-state index < -0.39 is 0 Å². The number of methoxy groups -OCH3 is 1. The van der Waals surface area contributed by atoms with E-state index in [1.54, 1.807) is 12.4 Å². The van der Waals surface area contributed by atoms with Gasteiger partial charge in [0.05, 0.1) is 30.6 Å². The number of carbonyl (C=O) groups excluding carboxylic acids is 1. The van der Waals surface area contributed by atoms with Gasteiger partial charge in [-0.1, -0.05) is 30.3 Å². The quantitative estimate of drug-likeness (QED) is 0.847. The summed E-state index contributed by atoms with van der Waals surface area (Å²) in [6.45, 7) is 0.299. The molecule has 118 valence electrons. The number of benzene rings is 1. The van der Waals surface area contributed by atoms with Crippen LogP contribution in [0.15, 0.2) is 42.7 Å². The maximum Gasteiger partial charge on any atom is 0.227 e. The van der Waals surface area contributed by atoms with Crippen molar-refractivity contribution >= 4 is 24.0 Å². The van der Waals surface area contributed by atoms with Gasteiger partial charge >= 0.3 is 0 Å². The minimum absolute atomic E-state index is 0. The molecule has 0 spiro atoms. The number of nitrogens with two attached hydrogens (primary N) is 1. The fourth-order valence-electron chi connectivity index (χ4n) is 1.81. The molecule has 1 unspecified atom stereocenters. The summed E-state index contributed by atoms with van der Waals surface area (Å²) in [5.41, 5.74) is 6.96. The van der Waals surface area contributed by atoms with Gasteiger partial charge in [0.1, 0.15) is 0 Å². The number of carbonyl (C=O) groups is 1. The smallest absolute Gasteiger partial charge is 0.227 e. The van der Waals surface area contributed by atoms with E-state index in [1.807, 2.05) is 30.3 Å². The Hall–Kier alpha value is -2.02. The molecule has 1 aromatic heterocycles. The summed E-state index contributed by atoms with van der Waals surface area (Å²) < 4.78 is 5.07. The van der Waals surface area contributed by atoms with Crippen LogP contribution >= 0.6 is 12.4 Å². The van der Waals surface area contributed by atoms with Crippen LogP contribution in [-0.4, -0.2) is 35.6 Å². The Bertz CT molecular complexity index is 574. The van der Waals surface area contributed by atoms with Gasteiger partial charge in [-0.05, 0) is 0 Å². The van der Waals surface area contributed by atoms with Crippen LogP contribution in [-0.2, 0) is 9.53 Å². The van der Waals surface area contributed by atoms with E-state index in [2.05, 4.69) is 15.3 Å². The molecule has 0 aliphatic heterocycles. The lowest BCUT2D eigenvalue weighted by molar-refractivity contribution is -0.118. The van der Waals surface area contributed by atoms with Gasteiger partial charge in [-0.25, -0.2) is 9.97 Å². The molecular weight excluding hydrogens is 304 g/mol. The Balaban J connectivity index is 0.00000242. The Morgan fingerprint density at radius 1 is 1.27 bits per heavy atom. The number of hydrogen-bond donors (Lipinski definition) is 2. The maximum absolute atomic E-state index is 11.8. The van der Waals surface area contributed by atoms with E-state index in [1.165, 1.54) is 7.11 Å². The van der Waals surface area contributed by atoms with E-state index in [4.69, 9.17) is 10.5 Å². The lowest BCUT2D eigenvalue weighted by atomic mass is 10.2. The normalized spacial score (nSPS) is 11.4. The summed E-state index contributed by atoms with van der Waals surface area (Å²) in [5, 5.41) is 2.72. The van der Waals surface area contributed by atoms with Gasteiger partial charge in [-0.3, -0.25) is 4.79 Å². The van der Waals surface area contributed by atoms with E-state index in [-0.39, 0.29) is 30.8 Å². The molecule has 1 heterocycles. The van der Waals surface area contributed by atoms with Gasteiger partial charge in [0.15, 0.2) is 5.82 Å². The summed E-state index contributed by atoms with van der Waals surface area (Å²) in [4.78, 5) is 20.3. The highest BCUT2D eigenvalue weighted by atomic mass is 35.5. The number of nitrogens with zero attached hydrogens (tertiary/aromatic N) is 2. The van der Waals surface area contributed by atoms with Crippen LogP contribution in [0.5, 0.6) is 0 Å². The van der Waals surface area contributed by atoms with Crippen molar-refractivity contribution in [2.45, 2.75) is 12.5 Å². The van der Waals surface area contributed by atoms with Crippen LogP contribution < -0.4 is 11.1 Å². The van der Waals surface area contributed by atoms with Crippen LogP contribution in [0.25, 0.3) is 11.4 Å². The SMILES string of the molecule is COC(CN)CC(=O)Nc1cnc(-c2ccccc2)nc1.Cl. The first-order valence-electron chi connectivity index (χ1n) is 6.63. The van der Waals surface area contributed by atoms with Gasteiger partial charge in [-0.15, -0.1) is 12.4 Å². The van der Waals surface area contributed by atoms with Gasteiger partial charge in [0, 0.05) is 19.2 Å². The zero-order valence-electron chi connectivity index (χ0n) is 12.2. The Morgan fingerprint density at radius 2 is 1.91 bits per heavy atom. The lowest BCUT2D eigenvalue weighted by Crippen LogP contribution is -2.28. The molecule has 0 radical (unpaired) electrons. The van der Waals surface area contributed by atoms with Crippen molar-refractivity contribution in [1.82, 2.24) is 9.97 Å². The van der Waals surface area contributed by atoms with Gasteiger partial charge in [-0.2, -0.15) is 0 Å². The maximum atomic E-state index is 11.8. The number of nitrogens with one attached hydrogen (secondary N) is 1. The highest BCUT2D eigenvalue weighted by molar-refractivity contribution is 5.90. The number of aromatic nitrogens is 2. The first-order valence-corrected chi connectivity index (χ1v) is 6.63. The summed E-state index contributed by atoms with van der Waals surface area (Å²) in [6, 6.07) is 9.63. The second-order valence-corrected chi connectivity index (χ2v) is 4.51. The molecule has 0 aliphatic carbocycles. The summed E-state index contributed by atoms with van der Waals surface area (Å²) in [7, 11) is 1.53. The van der Waals surface area contributed by atoms with Crippen molar-refractivity contribution in [2.75, 3.05) is 19.0 Å². The molecule has 3 N–H and O–H groups in total. The number of ether oxygens (including phenoxy) is 1. The minimum Gasteiger partial charge on any atom is -0.380 e. The Kier molecular flexibility index (Phi) is 7.45. The first-order chi connectivity index (χ1) is 10.2. The fraction of sp³-hybridized carbons (Fsp3) is 0.267. The third-order valence-corrected chi connectivity index (χ3v) is 2.98. The molecule has 6 nitrogen and oxygen atoms in total. The van der Waals surface area contributed by atoms with Gasteiger partial charge in [0.25, 0.3) is 0 Å². The molecule has 22 heavy (non-hydrogen) atoms. The van der Waals surface area contributed by atoms with Crippen LogP contribution in [0.2, 0.25) is 0 Å². The topological polar surface area (TPSA) is 90.1 Å². The number of hydrogen-bond acceptors (Lipinski definition) is 5. The highest BCUT2D eigenvalue weighted by Gasteiger charge is 2.12. The van der Waals surface area contributed by atoms with Crippen molar-refractivity contribution in [3.8, 4) is 11.4 Å². The van der Waals surface area contributed by atoms with E-state index in [0.29, 0.717) is 18.1 Å². The minimum atomic E-state index is -0.283.